The van der Waals surface area contributed by atoms with Gasteiger partial charge in [0, 0.05) is 18.7 Å². The molecule has 2 aromatic rings. The third-order valence-electron chi connectivity index (χ3n) is 4.56. The van der Waals surface area contributed by atoms with Crippen LogP contribution in [-0.2, 0) is 5.88 Å². The largest absolute Gasteiger partial charge is 0.323 e. The Hall–Kier alpha value is -1.13. The Labute approximate surface area is 129 Å². The van der Waals surface area contributed by atoms with Crippen LogP contribution in [0.1, 0.15) is 30.8 Å². The zero-order valence-corrected chi connectivity index (χ0v) is 13.5. The lowest BCUT2D eigenvalue weighted by molar-refractivity contribution is 0.160. The molecule has 2 atom stereocenters. The number of imidazole rings is 1. The maximum atomic E-state index is 13.8. The van der Waals surface area contributed by atoms with Crippen LogP contribution in [0.3, 0.4) is 0 Å². The third-order valence-corrected chi connectivity index (χ3v) is 4.80. The van der Waals surface area contributed by atoms with Crippen molar-refractivity contribution >= 4 is 22.6 Å². The first-order valence-corrected chi connectivity index (χ1v) is 7.96. The number of halogens is 2. The van der Waals surface area contributed by atoms with Crippen LogP contribution in [0.15, 0.2) is 12.1 Å². The van der Waals surface area contributed by atoms with Crippen LogP contribution < -0.4 is 0 Å². The highest BCUT2D eigenvalue weighted by molar-refractivity contribution is 6.16. The molecule has 1 aliphatic rings. The number of alkyl halides is 1. The molecular formula is C16H21ClFN3. The number of likely N-dealkylation sites (tertiary alicyclic amines) is 1. The van der Waals surface area contributed by atoms with Gasteiger partial charge in [0.25, 0.3) is 0 Å². The second kappa shape index (κ2) is 5.58. The smallest absolute Gasteiger partial charge is 0.128 e. The monoisotopic (exact) mass is 309 g/mol. The van der Waals surface area contributed by atoms with Crippen molar-refractivity contribution in [2.24, 2.45) is 5.92 Å². The number of hydrogen-bond acceptors (Lipinski definition) is 2. The van der Waals surface area contributed by atoms with Crippen molar-refractivity contribution in [2.45, 2.75) is 32.2 Å². The lowest BCUT2D eigenvalue weighted by atomic mass is 9.93. The molecule has 1 fully saturated rings. The van der Waals surface area contributed by atoms with E-state index in [1.807, 2.05) is 6.07 Å². The van der Waals surface area contributed by atoms with Gasteiger partial charge in [-0.2, -0.15) is 0 Å². The van der Waals surface area contributed by atoms with Gasteiger partial charge in [0.1, 0.15) is 11.6 Å². The molecule has 5 heteroatoms. The first-order chi connectivity index (χ1) is 10.0. The van der Waals surface area contributed by atoms with E-state index in [0.717, 1.165) is 30.9 Å². The molecule has 1 aliphatic heterocycles. The molecule has 3 nitrogen and oxygen atoms in total. The Bertz CT molecular complexity index is 667. The van der Waals surface area contributed by atoms with Crippen LogP contribution in [0, 0.1) is 18.7 Å². The van der Waals surface area contributed by atoms with Crippen molar-refractivity contribution in [3.63, 3.8) is 0 Å². The maximum Gasteiger partial charge on any atom is 0.128 e. The van der Waals surface area contributed by atoms with E-state index in [4.69, 9.17) is 11.6 Å². The summed E-state index contributed by atoms with van der Waals surface area (Å²) in [5.41, 5.74) is 2.37. The Morgan fingerprint density at radius 2 is 2.19 bits per heavy atom. The van der Waals surface area contributed by atoms with E-state index in [9.17, 15) is 4.39 Å². The third kappa shape index (κ3) is 2.55. The van der Waals surface area contributed by atoms with Gasteiger partial charge in [0.05, 0.1) is 16.9 Å². The van der Waals surface area contributed by atoms with Crippen LogP contribution in [0.4, 0.5) is 4.39 Å². The lowest BCUT2D eigenvalue weighted by Gasteiger charge is -2.36. The zero-order valence-electron chi connectivity index (χ0n) is 12.7. The summed E-state index contributed by atoms with van der Waals surface area (Å²) in [6.07, 6.45) is 1.07. The molecule has 0 spiro atoms. The topological polar surface area (TPSA) is 21.1 Å². The summed E-state index contributed by atoms with van der Waals surface area (Å²) in [4.78, 5) is 6.89. The molecule has 0 bridgehead atoms. The van der Waals surface area contributed by atoms with Gasteiger partial charge in [-0.1, -0.05) is 6.92 Å². The number of hydrogen-bond donors (Lipinski definition) is 0. The van der Waals surface area contributed by atoms with E-state index >= 15 is 0 Å². The second-order valence-corrected chi connectivity index (χ2v) is 6.48. The molecule has 0 N–H and O–H groups in total. The molecule has 0 saturated carbocycles. The van der Waals surface area contributed by atoms with Gasteiger partial charge in [-0.3, -0.25) is 0 Å². The molecule has 2 unspecified atom stereocenters. The number of aryl methyl sites for hydroxylation is 1. The van der Waals surface area contributed by atoms with Crippen molar-refractivity contribution in [2.75, 3.05) is 20.1 Å². The molecule has 1 aromatic heterocycles. The molecule has 21 heavy (non-hydrogen) atoms. The fraction of sp³-hybridized carbons (Fsp3) is 0.562. The number of rotatable bonds is 2. The quantitative estimate of drug-likeness (QED) is 0.788. The van der Waals surface area contributed by atoms with Gasteiger partial charge in [-0.05, 0) is 44.5 Å². The lowest BCUT2D eigenvalue weighted by Crippen LogP contribution is -2.38. The van der Waals surface area contributed by atoms with Crippen molar-refractivity contribution in [3.05, 3.63) is 29.3 Å². The Balaban J connectivity index is 2.14. The molecule has 2 heterocycles. The van der Waals surface area contributed by atoms with Crippen LogP contribution in [0.25, 0.3) is 11.0 Å². The molecule has 0 aliphatic carbocycles. The van der Waals surface area contributed by atoms with Crippen molar-refractivity contribution in [1.29, 1.82) is 0 Å². The first-order valence-electron chi connectivity index (χ1n) is 7.42. The highest BCUT2D eigenvalue weighted by Gasteiger charge is 2.28. The van der Waals surface area contributed by atoms with E-state index in [0.29, 0.717) is 28.9 Å². The van der Waals surface area contributed by atoms with E-state index in [2.05, 4.69) is 28.4 Å². The predicted octanol–water partition coefficient (Wildman–Crippen LogP) is 3.74. The van der Waals surface area contributed by atoms with E-state index in [1.165, 1.54) is 6.07 Å². The summed E-state index contributed by atoms with van der Waals surface area (Å²) < 4.78 is 16.0. The predicted molar refractivity (Wildman–Crippen MR) is 84.3 cm³/mol. The van der Waals surface area contributed by atoms with Gasteiger partial charge >= 0.3 is 0 Å². The van der Waals surface area contributed by atoms with Gasteiger partial charge in [0.2, 0.25) is 0 Å². The van der Waals surface area contributed by atoms with Crippen molar-refractivity contribution in [3.8, 4) is 0 Å². The minimum Gasteiger partial charge on any atom is -0.323 e. The average molecular weight is 310 g/mol. The van der Waals surface area contributed by atoms with Gasteiger partial charge in [-0.25, -0.2) is 9.37 Å². The molecule has 0 radical (unpaired) electrons. The van der Waals surface area contributed by atoms with Gasteiger partial charge in [-0.15, -0.1) is 11.6 Å². The zero-order chi connectivity index (χ0) is 15.1. The summed E-state index contributed by atoms with van der Waals surface area (Å²) in [6.45, 7) is 6.19. The summed E-state index contributed by atoms with van der Waals surface area (Å²) in [5, 5.41) is 0. The molecular weight excluding hydrogens is 289 g/mol. The highest BCUT2D eigenvalue weighted by Crippen LogP contribution is 2.33. The Morgan fingerprint density at radius 3 is 2.86 bits per heavy atom. The molecule has 0 amide bonds. The highest BCUT2D eigenvalue weighted by atomic mass is 35.5. The van der Waals surface area contributed by atoms with E-state index < -0.39 is 0 Å². The minimum absolute atomic E-state index is 0.204. The molecule has 1 saturated heterocycles. The maximum absolute atomic E-state index is 13.8. The normalized spacial score (nSPS) is 23.9. The number of benzene rings is 1. The van der Waals surface area contributed by atoms with Crippen molar-refractivity contribution < 1.29 is 4.39 Å². The molecule has 1 aromatic carbocycles. The summed E-state index contributed by atoms with van der Waals surface area (Å²) in [5.74, 6) is 1.52. The van der Waals surface area contributed by atoms with Crippen molar-refractivity contribution in [1.82, 2.24) is 14.5 Å². The van der Waals surface area contributed by atoms with Crippen LogP contribution >= 0.6 is 11.6 Å². The van der Waals surface area contributed by atoms with Crippen LogP contribution in [0.5, 0.6) is 0 Å². The molecule has 114 valence electrons. The number of piperidine rings is 1. The fourth-order valence-corrected chi connectivity index (χ4v) is 3.65. The second-order valence-electron chi connectivity index (χ2n) is 6.22. The first kappa shape index (κ1) is 14.8. The summed E-state index contributed by atoms with van der Waals surface area (Å²) >= 11 is 6.09. The van der Waals surface area contributed by atoms with Crippen LogP contribution in [-0.4, -0.2) is 34.6 Å². The Kier molecular flexibility index (Phi) is 3.93. The standard InChI is InChI=1S/C16H21ClFN3/c1-10-6-15-13(7-12(10)18)19-16(8-17)21(15)14-4-5-20(3)9-11(14)2/h6-7,11,14H,4-5,8-9H2,1-3H3. The summed E-state index contributed by atoms with van der Waals surface area (Å²) in [7, 11) is 2.15. The number of aromatic nitrogens is 2. The van der Waals surface area contributed by atoms with Gasteiger partial charge in [0.15, 0.2) is 0 Å². The van der Waals surface area contributed by atoms with Crippen LogP contribution in [0.2, 0.25) is 0 Å². The van der Waals surface area contributed by atoms with E-state index in [1.54, 1.807) is 6.92 Å². The minimum atomic E-state index is -0.204. The number of nitrogens with zero attached hydrogens (tertiary/aromatic N) is 3. The Morgan fingerprint density at radius 1 is 1.43 bits per heavy atom. The van der Waals surface area contributed by atoms with Gasteiger partial charge < -0.3 is 9.47 Å². The fourth-order valence-electron chi connectivity index (χ4n) is 3.46. The molecule has 3 rings (SSSR count). The summed E-state index contributed by atoms with van der Waals surface area (Å²) in [6, 6.07) is 3.81. The average Bonchev–Trinajstić information content (AvgIpc) is 2.77. The number of fused-ring (bicyclic) bond motifs is 1. The van der Waals surface area contributed by atoms with E-state index in [-0.39, 0.29) is 5.82 Å². The SMILES string of the molecule is Cc1cc2c(cc1F)nc(CCl)n2C1CCN(C)CC1C.